The molecule has 24 heavy (non-hydrogen) atoms. The Kier molecular flexibility index (Phi) is 3.96. The third-order valence-corrected chi connectivity index (χ3v) is 4.85. The molecule has 2 aromatic rings. The van der Waals surface area contributed by atoms with E-state index in [4.69, 9.17) is 4.74 Å². The molecular weight excluding hydrogens is 372 g/mol. The van der Waals surface area contributed by atoms with Gasteiger partial charge in [-0.05, 0) is 25.0 Å². The van der Waals surface area contributed by atoms with Gasteiger partial charge in [-0.15, -0.1) is 0 Å². The van der Waals surface area contributed by atoms with E-state index in [1.165, 1.54) is 0 Å². The summed E-state index contributed by atoms with van der Waals surface area (Å²) in [5.41, 5.74) is 2.84. The van der Waals surface area contributed by atoms with Crippen LogP contribution in [0.1, 0.15) is 30.0 Å². The van der Waals surface area contributed by atoms with Crippen LogP contribution in [0.3, 0.4) is 0 Å². The van der Waals surface area contributed by atoms with Crippen molar-refractivity contribution in [3.05, 3.63) is 40.1 Å². The molecule has 2 amide bonds. The molecule has 1 aromatic carbocycles. The fraction of sp³-hybridized carbons (Fsp3) is 0.412. The van der Waals surface area contributed by atoms with Gasteiger partial charge in [0.2, 0.25) is 0 Å². The van der Waals surface area contributed by atoms with E-state index in [2.05, 4.69) is 26.3 Å². The third kappa shape index (κ3) is 3.13. The molecule has 1 N–H and O–H groups in total. The minimum Gasteiger partial charge on any atom is -0.491 e. The lowest BCUT2D eigenvalue weighted by Gasteiger charge is -2.20. The number of amides is 2. The minimum absolute atomic E-state index is 0.107. The summed E-state index contributed by atoms with van der Waals surface area (Å²) in [5.74, 6) is 1.33. The van der Waals surface area contributed by atoms with Crippen LogP contribution in [-0.2, 0) is 13.6 Å². The summed E-state index contributed by atoms with van der Waals surface area (Å²) in [6.07, 6.45) is 4.18. The third-order valence-electron chi connectivity index (χ3n) is 4.36. The van der Waals surface area contributed by atoms with Gasteiger partial charge in [-0.2, -0.15) is 5.10 Å². The van der Waals surface area contributed by atoms with Crippen molar-refractivity contribution < 1.29 is 9.53 Å². The van der Waals surface area contributed by atoms with Crippen LogP contribution in [-0.4, -0.2) is 33.9 Å². The molecular formula is C17H19BrN4O2. The minimum atomic E-state index is -0.107. The van der Waals surface area contributed by atoms with Gasteiger partial charge in [0.1, 0.15) is 12.4 Å². The molecule has 0 atom stereocenters. The van der Waals surface area contributed by atoms with E-state index in [0.717, 1.165) is 40.0 Å². The highest BCUT2D eigenvalue weighted by Gasteiger charge is 2.30. The molecule has 6 nitrogen and oxygen atoms in total. The van der Waals surface area contributed by atoms with Crippen molar-refractivity contribution in [3.63, 3.8) is 0 Å². The van der Waals surface area contributed by atoms with Gasteiger partial charge in [-0.1, -0.05) is 22.0 Å². The molecule has 1 aromatic heterocycles. The second-order valence-electron chi connectivity index (χ2n) is 6.33. The van der Waals surface area contributed by atoms with E-state index < -0.39 is 0 Å². The Morgan fingerprint density at radius 2 is 2.25 bits per heavy atom. The lowest BCUT2D eigenvalue weighted by atomic mass is 10.2. The number of fused-ring (bicyclic) bond motifs is 1. The molecule has 4 rings (SSSR count). The van der Waals surface area contributed by atoms with Gasteiger partial charge in [-0.3, -0.25) is 4.68 Å². The van der Waals surface area contributed by atoms with Crippen molar-refractivity contribution in [2.24, 2.45) is 7.05 Å². The first-order valence-corrected chi connectivity index (χ1v) is 8.90. The number of aromatic nitrogens is 2. The zero-order valence-corrected chi connectivity index (χ0v) is 15.0. The van der Waals surface area contributed by atoms with Gasteiger partial charge in [0.15, 0.2) is 0 Å². The molecule has 126 valence electrons. The van der Waals surface area contributed by atoms with Crippen molar-refractivity contribution in [2.45, 2.75) is 25.3 Å². The molecule has 1 aliphatic carbocycles. The fourth-order valence-electron chi connectivity index (χ4n) is 2.97. The van der Waals surface area contributed by atoms with Crippen molar-refractivity contribution >= 4 is 27.6 Å². The Morgan fingerprint density at radius 1 is 1.42 bits per heavy atom. The lowest BCUT2D eigenvalue weighted by molar-refractivity contribution is 0.200. The van der Waals surface area contributed by atoms with Crippen molar-refractivity contribution in [1.82, 2.24) is 14.7 Å². The fourth-order valence-corrected chi connectivity index (χ4v) is 3.31. The number of rotatable bonds is 2. The van der Waals surface area contributed by atoms with Crippen LogP contribution in [0.25, 0.3) is 0 Å². The average Bonchev–Trinajstić information content (AvgIpc) is 3.34. The number of carbonyl (C=O) groups excluding carboxylic acids is 1. The van der Waals surface area contributed by atoms with Crippen LogP contribution in [0, 0.1) is 0 Å². The number of urea groups is 1. The highest BCUT2D eigenvalue weighted by molar-refractivity contribution is 9.10. The number of ether oxygens (including phenoxy) is 1. The number of benzene rings is 1. The first-order chi connectivity index (χ1) is 11.6. The number of hydrogen-bond donors (Lipinski definition) is 1. The van der Waals surface area contributed by atoms with Gasteiger partial charge in [0, 0.05) is 29.2 Å². The Hall–Kier alpha value is -2.02. The number of nitrogens with one attached hydrogen (secondary N) is 1. The number of halogens is 1. The maximum atomic E-state index is 12.7. The summed E-state index contributed by atoms with van der Waals surface area (Å²) >= 11 is 3.45. The molecule has 0 unspecified atom stereocenters. The first-order valence-electron chi connectivity index (χ1n) is 8.11. The monoisotopic (exact) mass is 390 g/mol. The SMILES string of the molecule is Cn1cc(NC(=O)N2CCOc3cc(Br)ccc3C2)c(C2CC2)n1. The van der Waals surface area contributed by atoms with Crippen LogP contribution in [0.2, 0.25) is 0 Å². The Balaban J connectivity index is 1.51. The Morgan fingerprint density at radius 3 is 3.04 bits per heavy atom. The molecule has 1 aliphatic heterocycles. The first kappa shape index (κ1) is 15.5. The molecule has 0 saturated heterocycles. The number of hydrogen-bond acceptors (Lipinski definition) is 3. The average molecular weight is 391 g/mol. The van der Waals surface area contributed by atoms with E-state index in [1.54, 1.807) is 9.58 Å². The maximum Gasteiger partial charge on any atom is 0.322 e. The zero-order chi connectivity index (χ0) is 16.7. The summed E-state index contributed by atoms with van der Waals surface area (Å²) in [4.78, 5) is 14.5. The Labute approximate surface area is 148 Å². The van der Waals surface area contributed by atoms with Crippen LogP contribution in [0.4, 0.5) is 10.5 Å². The maximum absolute atomic E-state index is 12.7. The summed E-state index contributed by atoms with van der Waals surface area (Å²) < 4.78 is 8.51. The second kappa shape index (κ2) is 6.12. The van der Waals surface area contributed by atoms with Gasteiger partial charge >= 0.3 is 6.03 Å². The topological polar surface area (TPSA) is 59.4 Å². The molecule has 1 saturated carbocycles. The number of nitrogens with zero attached hydrogens (tertiary/aromatic N) is 3. The molecule has 0 radical (unpaired) electrons. The van der Waals surface area contributed by atoms with Gasteiger partial charge in [0.25, 0.3) is 0 Å². The highest BCUT2D eigenvalue weighted by atomic mass is 79.9. The smallest absolute Gasteiger partial charge is 0.322 e. The van der Waals surface area contributed by atoms with E-state index >= 15 is 0 Å². The molecule has 0 bridgehead atoms. The van der Waals surface area contributed by atoms with Crippen molar-refractivity contribution in [1.29, 1.82) is 0 Å². The molecule has 2 heterocycles. The predicted molar refractivity (Wildman–Crippen MR) is 94.2 cm³/mol. The van der Waals surface area contributed by atoms with Crippen LogP contribution in [0.15, 0.2) is 28.9 Å². The summed E-state index contributed by atoms with van der Waals surface area (Å²) in [7, 11) is 1.88. The number of carbonyl (C=O) groups is 1. The Bertz CT molecular complexity index is 785. The largest absolute Gasteiger partial charge is 0.491 e. The van der Waals surface area contributed by atoms with Crippen LogP contribution >= 0.6 is 15.9 Å². The second-order valence-corrected chi connectivity index (χ2v) is 7.24. The summed E-state index contributed by atoms with van der Waals surface area (Å²) in [6.45, 7) is 1.57. The van der Waals surface area contributed by atoms with Gasteiger partial charge in [0.05, 0.1) is 24.5 Å². The zero-order valence-electron chi connectivity index (χ0n) is 13.5. The van der Waals surface area contributed by atoms with Crippen molar-refractivity contribution in [2.75, 3.05) is 18.5 Å². The van der Waals surface area contributed by atoms with Crippen LogP contribution < -0.4 is 10.1 Å². The van der Waals surface area contributed by atoms with E-state index in [-0.39, 0.29) is 6.03 Å². The predicted octanol–water partition coefficient (Wildman–Crippen LogP) is 3.49. The molecule has 7 heteroatoms. The van der Waals surface area contributed by atoms with Gasteiger partial charge < -0.3 is 15.0 Å². The molecule has 1 fully saturated rings. The normalized spacial score (nSPS) is 17.0. The highest BCUT2D eigenvalue weighted by Crippen LogP contribution is 2.42. The molecule has 2 aliphatic rings. The van der Waals surface area contributed by atoms with Crippen LogP contribution in [0.5, 0.6) is 5.75 Å². The molecule has 0 spiro atoms. The lowest BCUT2D eigenvalue weighted by Crippen LogP contribution is -2.36. The summed E-state index contributed by atoms with van der Waals surface area (Å²) in [6, 6.07) is 5.80. The summed E-state index contributed by atoms with van der Waals surface area (Å²) in [5, 5.41) is 7.52. The van der Waals surface area contributed by atoms with E-state index in [9.17, 15) is 4.79 Å². The van der Waals surface area contributed by atoms with Crippen molar-refractivity contribution in [3.8, 4) is 5.75 Å². The van der Waals surface area contributed by atoms with E-state index in [0.29, 0.717) is 25.6 Å². The van der Waals surface area contributed by atoms with Gasteiger partial charge in [-0.25, -0.2) is 4.79 Å². The number of aryl methyl sites for hydroxylation is 1. The number of anilines is 1. The quantitative estimate of drug-likeness (QED) is 0.853. The standard InChI is InChI=1S/C17H19BrN4O2/c1-21-10-14(16(20-21)11-2-3-11)19-17(23)22-6-7-24-15-8-13(18)5-4-12(15)9-22/h4-5,8,10-11H,2-3,6-7,9H2,1H3,(H,19,23). The van der Waals surface area contributed by atoms with E-state index in [1.807, 2.05) is 31.4 Å².